The lowest BCUT2D eigenvalue weighted by Crippen LogP contribution is -2.32. The van der Waals surface area contributed by atoms with Crippen molar-refractivity contribution in [3.8, 4) is 0 Å². The smallest absolute Gasteiger partial charge is 0.336 e. The molecule has 7 nitrogen and oxygen atoms in total. The molecule has 0 radical (unpaired) electrons. The predicted octanol–water partition coefficient (Wildman–Crippen LogP) is 3.17. The molecular weight excluding hydrogens is 384 g/mol. The Kier molecular flexibility index (Phi) is 4.20. The van der Waals surface area contributed by atoms with E-state index in [-0.39, 0.29) is 34.8 Å². The van der Waals surface area contributed by atoms with Crippen LogP contribution in [0.15, 0.2) is 48.5 Å². The number of carbonyl (C=O) groups excluding carboxylic acids is 3. The number of nitrogens with zero attached hydrogens (tertiary/aromatic N) is 1. The predicted molar refractivity (Wildman–Crippen MR) is 108 cm³/mol. The molecule has 2 aromatic rings. The normalized spacial score (nSPS) is 26.7. The van der Waals surface area contributed by atoms with Crippen LogP contribution >= 0.6 is 0 Å². The van der Waals surface area contributed by atoms with E-state index in [1.54, 1.807) is 36.4 Å². The van der Waals surface area contributed by atoms with Gasteiger partial charge in [-0.1, -0.05) is 12.1 Å². The number of nitrogens with one attached hydrogen (secondary N) is 1. The number of aromatic carboxylic acids is 1. The molecule has 2 aliphatic carbocycles. The fraction of sp³-hybridized carbons (Fsp3) is 0.304. The van der Waals surface area contributed by atoms with E-state index in [0.29, 0.717) is 23.2 Å². The molecule has 1 saturated heterocycles. The van der Waals surface area contributed by atoms with Gasteiger partial charge in [0.15, 0.2) is 0 Å². The minimum atomic E-state index is -1.18. The van der Waals surface area contributed by atoms with Gasteiger partial charge in [0.05, 0.1) is 28.7 Å². The van der Waals surface area contributed by atoms with Gasteiger partial charge in [0.2, 0.25) is 11.8 Å². The highest BCUT2D eigenvalue weighted by atomic mass is 16.4. The zero-order valence-corrected chi connectivity index (χ0v) is 16.1. The largest absolute Gasteiger partial charge is 0.478 e. The first-order chi connectivity index (χ1) is 14.5. The fourth-order valence-corrected chi connectivity index (χ4v) is 5.42. The zero-order chi connectivity index (χ0) is 21.0. The third-order valence-electron chi connectivity index (χ3n) is 6.71. The number of carbonyl (C=O) groups is 4. The van der Waals surface area contributed by atoms with Gasteiger partial charge in [0, 0.05) is 5.69 Å². The number of carboxylic acids is 1. The van der Waals surface area contributed by atoms with Crippen molar-refractivity contribution >= 4 is 35.1 Å². The summed E-state index contributed by atoms with van der Waals surface area (Å²) < 4.78 is 0. The summed E-state index contributed by atoms with van der Waals surface area (Å²) in [5.41, 5.74) is 0.925. The molecule has 2 N–H and O–H groups in total. The van der Waals surface area contributed by atoms with Crippen LogP contribution in [0.5, 0.6) is 0 Å². The Bertz CT molecular complexity index is 1050. The van der Waals surface area contributed by atoms with Crippen LogP contribution in [0.4, 0.5) is 11.4 Å². The molecule has 1 heterocycles. The molecule has 0 aromatic heterocycles. The van der Waals surface area contributed by atoms with Crippen LogP contribution in [0, 0.1) is 23.7 Å². The monoisotopic (exact) mass is 404 g/mol. The van der Waals surface area contributed by atoms with Gasteiger partial charge in [-0.25, -0.2) is 4.79 Å². The van der Waals surface area contributed by atoms with Gasteiger partial charge >= 0.3 is 5.97 Å². The van der Waals surface area contributed by atoms with Crippen molar-refractivity contribution in [1.82, 2.24) is 0 Å². The van der Waals surface area contributed by atoms with Crippen LogP contribution in [0.1, 0.15) is 40.0 Å². The van der Waals surface area contributed by atoms with Gasteiger partial charge in [-0.05, 0) is 67.5 Å². The number of benzene rings is 2. The summed E-state index contributed by atoms with van der Waals surface area (Å²) in [7, 11) is 0. The molecule has 3 aliphatic rings. The van der Waals surface area contributed by atoms with Gasteiger partial charge in [-0.15, -0.1) is 0 Å². The van der Waals surface area contributed by atoms with E-state index in [4.69, 9.17) is 0 Å². The SMILES string of the molecule is O=C(O)c1ccccc1C(=O)Nc1ccc(N2C(=O)C3C4CCC(C4)C3C2=O)cc1. The minimum Gasteiger partial charge on any atom is -0.478 e. The van der Waals surface area contributed by atoms with Crippen molar-refractivity contribution in [2.75, 3.05) is 10.2 Å². The Morgan fingerprint density at radius 1 is 0.867 bits per heavy atom. The first-order valence-electron chi connectivity index (χ1n) is 10.1. The van der Waals surface area contributed by atoms with Crippen LogP contribution in [-0.2, 0) is 9.59 Å². The van der Waals surface area contributed by atoms with Crippen LogP contribution in [0.25, 0.3) is 0 Å². The summed E-state index contributed by atoms with van der Waals surface area (Å²) in [6.07, 6.45) is 3.05. The fourth-order valence-electron chi connectivity index (χ4n) is 5.42. The van der Waals surface area contributed by atoms with E-state index in [1.165, 1.54) is 17.0 Å². The van der Waals surface area contributed by atoms with Gasteiger partial charge in [-0.3, -0.25) is 19.3 Å². The molecule has 2 aromatic carbocycles. The summed E-state index contributed by atoms with van der Waals surface area (Å²) in [5, 5.41) is 11.9. The van der Waals surface area contributed by atoms with Gasteiger partial charge in [-0.2, -0.15) is 0 Å². The lowest BCUT2D eigenvalue weighted by Gasteiger charge is -2.19. The van der Waals surface area contributed by atoms with Crippen LogP contribution in [-0.4, -0.2) is 28.8 Å². The van der Waals surface area contributed by atoms with E-state index in [9.17, 15) is 24.3 Å². The number of imide groups is 1. The van der Waals surface area contributed by atoms with Crippen molar-refractivity contribution in [1.29, 1.82) is 0 Å². The average molecular weight is 404 g/mol. The molecular formula is C23H20N2O5. The summed E-state index contributed by atoms with van der Waals surface area (Å²) >= 11 is 0. The number of hydrogen-bond donors (Lipinski definition) is 2. The number of rotatable bonds is 4. The first kappa shape index (κ1) is 18.5. The number of carboxylic acid groups (broad SMARTS) is 1. The second-order valence-electron chi connectivity index (χ2n) is 8.25. The van der Waals surface area contributed by atoms with Crippen molar-refractivity contribution < 1.29 is 24.3 Å². The molecule has 3 fully saturated rings. The maximum atomic E-state index is 12.9. The Morgan fingerprint density at radius 2 is 1.43 bits per heavy atom. The molecule has 152 valence electrons. The lowest BCUT2D eigenvalue weighted by atomic mass is 9.81. The molecule has 3 amide bonds. The standard InChI is InChI=1S/C23H20N2O5/c26-20(16-3-1-2-4-17(16)23(29)30)24-14-7-9-15(10-8-14)25-21(27)18-12-5-6-13(11-12)19(18)22(25)28/h1-4,7-10,12-13,18-19H,5-6,11H2,(H,24,26)(H,29,30). The van der Waals surface area contributed by atoms with Gasteiger partial charge < -0.3 is 10.4 Å². The van der Waals surface area contributed by atoms with Crippen molar-refractivity contribution in [2.24, 2.45) is 23.7 Å². The molecule has 0 spiro atoms. The molecule has 4 atom stereocenters. The highest BCUT2D eigenvalue weighted by Crippen LogP contribution is 2.56. The first-order valence-corrected chi connectivity index (χ1v) is 10.1. The number of fused-ring (bicyclic) bond motifs is 5. The Morgan fingerprint density at radius 3 is 2.00 bits per heavy atom. The Balaban J connectivity index is 1.34. The van der Waals surface area contributed by atoms with E-state index in [2.05, 4.69) is 5.32 Å². The van der Waals surface area contributed by atoms with Crippen LogP contribution in [0.3, 0.4) is 0 Å². The summed E-state index contributed by atoms with van der Waals surface area (Å²) in [6.45, 7) is 0. The van der Waals surface area contributed by atoms with E-state index in [1.807, 2.05) is 0 Å². The Hall–Kier alpha value is -3.48. The minimum absolute atomic E-state index is 0.0577. The molecule has 7 heteroatoms. The maximum Gasteiger partial charge on any atom is 0.336 e. The second-order valence-corrected chi connectivity index (χ2v) is 8.25. The molecule has 5 rings (SSSR count). The summed E-state index contributed by atoms with van der Waals surface area (Å²) in [5.74, 6) is -1.63. The third-order valence-corrected chi connectivity index (χ3v) is 6.71. The van der Waals surface area contributed by atoms with Crippen molar-refractivity contribution in [2.45, 2.75) is 19.3 Å². The van der Waals surface area contributed by atoms with E-state index in [0.717, 1.165) is 19.3 Å². The van der Waals surface area contributed by atoms with Crippen LogP contribution < -0.4 is 10.2 Å². The van der Waals surface area contributed by atoms with Gasteiger partial charge in [0.1, 0.15) is 0 Å². The van der Waals surface area contributed by atoms with Gasteiger partial charge in [0.25, 0.3) is 5.91 Å². The van der Waals surface area contributed by atoms with Crippen LogP contribution in [0.2, 0.25) is 0 Å². The molecule has 2 saturated carbocycles. The topological polar surface area (TPSA) is 104 Å². The molecule has 2 bridgehead atoms. The lowest BCUT2D eigenvalue weighted by molar-refractivity contribution is -0.123. The van der Waals surface area contributed by atoms with Crippen molar-refractivity contribution in [3.05, 3.63) is 59.7 Å². The third kappa shape index (κ3) is 2.73. The quantitative estimate of drug-likeness (QED) is 0.762. The summed E-state index contributed by atoms with van der Waals surface area (Å²) in [6, 6.07) is 12.5. The number of hydrogen-bond acceptors (Lipinski definition) is 4. The second kappa shape index (κ2) is 6.79. The highest BCUT2D eigenvalue weighted by Gasteiger charge is 2.61. The zero-order valence-electron chi connectivity index (χ0n) is 16.1. The molecule has 4 unspecified atom stereocenters. The maximum absolute atomic E-state index is 12.9. The Labute approximate surface area is 172 Å². The highest BCUT2D eigenvalue weighted by molar-refractivity contribution is 6.22. The molecule has 30 heavy (non-hydrogen) atoms. The summed E-state index contributed by atoms with van der Waals surface area (Å²) in [4.78, 5) is 50.9. The molecule has 1 aliphatic heterocycles. The average Bonchev–Trinajstić information content (AvgIpc) is 3.42. The van der Waals surface area contributed by atoms with Crippen molar-refractivity contribution in [3.63, 3.8) is 0 Å². The number of anilines is 2. The number of amides is 3. The van der Waals surface area contributed by atoms with E-state index < -0.39 is 11.9 Å². The van der Waals surface area contributed by atoms with E-state index >= 15 is 0 Å².